The molecule has 0 bridgehead atoms. The van der Waals surface area contributed by atoms with Crippen molar-refractivity contribution >= 4 is 44.2 Å². The summed E-state index contributed by atoms with van der Waals surface area (Å²) in [4.78, 5) is 12.9. The second-order valence-electron chi connectivity index (χ2n) is 4.42. The molecule has 6 heteroatoms. The summed E-state index contributed by atoms with van der Waals surface area (Å²) in [5.41, 5.74) is 1.90. The second kappa shape index (κ2) is 6.05. The number of benzene rings is 1. The van der Waals surface area contributed by atoms with E-state index in [-0.39, 0.29) is 0 Å². The molecular weight excluding hydrogens is 330 g/mol. The molecule has 0 saturated heterocycles. The monoisotopic (exact) mass is 343 g/mol. The molecule has 0 amide bonds. The first-order valence-corrected chi connectivity index (χ1v) is 7.44. The van der Waals surface area contributed by atoms with Crippen LogP contribution >= 0.6 is 15.9 Å². The lowest BCUT2D eigenvalue weighted by Gasteiger charge is -2.12. The van der Waals surface area contributed by atoms with Crippen LogP contribution in [0.5, 0.6) is 0 Å². The van der Waals surface area contributed by atoms with Crippen molar-refractivity contribution in [1.82, 2.24) is 15.0 Å². The second-order valence-corrected chi connectivity index (χ2v) is 5.21. The Labute approximate surface area is 131 Å². The maximum atomic E-state index is 4.36. The lowest BCUT2D eigenvalue weighted by molar-refractivity contribution is 1.10. The van der Waals surface area contributed by atoms with Crippen LogP contribution in [0.1, 0.15) is 6.92 Å². The SMILES string of the molecule is CCNc1ncnc(Nc2cccc3ncccc23)c1Br. The minimum Gasteiger partial charge on any atom is -0.369 e. The smallest absolute Gasteiger partial charge is 0.150 e. The highest BCUT2D eigenvalue weighted by molar-refractivity contribution is 9.10. The van der Waals surface area contributed by atoms with E-state index in [0.29, 0.717) is 0 Å². The van der Waals surface area contributed by atoms with Crippen LogP contribution < -0.4 is 10.6 Å². The maximum absolute atomic E-state index is 4.36. The number of anilines is 3. The molecule has 2 N–H and O–H groups in total. The van der Waals surface area contributed by atoms with Gasteiger partial charge in [-0.05, 0) is 47.1 Å². The normalized spacial score (nSPS) is 10.6. The highest BCUT2D eigenvalue weighted by Crippen LogP contribution is 2.31. The van der Waals surface area contributed by atoms with E-state index in [2.05, 4.69) is 41.5 Å². The molecule has 0 aliphatic rings. The molecule has 0 unspecified atom stereocenters. The first-order chi connectivity index (χ1) is 10.3. The number of rotatable bonds is 4. The van der Waals surface area contributed by atoms with Crippen LogP contribution in [0.25, 0.3) is 10.9 Å². The summed E-state index contributed by atoms with van der Waals surface area (Å²) < 4.78 is 0.813. The fourth-order valence-electron chi connectivity index (χ4n) is 2.09. The molecular formula is C15H14BrN5. The lowest BCUT2D eigenvalue weighted by atomic mass is 10.2. The summed E-state index contributed by atoms with van der Waals surface area (Å²) in [6, 6.07) is 9.92. The zero-order valence-corrected chi connectivity index (χ0v) is 13.1. The number of aromatic nitrogens is 3. The van der Waals surface area contributed by atoms with Crippen molar-refractivity contribution in [3.63, 3.8) is 0 Å². The third kappa shape index (κ3) is 2.80. The number of hydrogen-bond acceptors (Lipinski definition) is 5. The number of halogens is 1. The Bertz CT molecular complexity index is 770. The minimum absolute atomic E-state index is 0.720. The third-order valence-corrected chi connectivity index (χ3v) is 3.78. The van der Waals surface area contributed by atoms with Crippen molar-refractivity contribution in [2.45, 2.75) is 6.92 Å². The van der Waals surface area contributed by atoms with Gasteiger partial charge in [0.2, 0.25) is 0 Å². The first kappa shape index (κ1) is 13.8. The number of nitrogens with one attached hydrogen (secondary N) is 2. The van der Waals surface area contributed by atoms with E-state index in [0.717, 1.165) is 39.2 Å². The van der Waals surface area contributed by atoms with Crippen LogP contribution in [-0.2, 0) is 0 Å². The van der Waals surface area contributed by atoms with Gasteiger partial charge in [-0.1, -0.05) is 6.07 Å². The Hall–Kier alpha value is -2.21. The fraction of sp³-hybridized carbons (Fsp3) is 0.133. The van der Waals surface area contributed by atoms with E-state index in [4.69, 9.17) is 0 Å². The minimum atomic E-state index is 0.720. The molecule has 21 heavy (non-hydrogen) atoms. The van der Waals surface area contributed by atoms with Gasteiger partial charge in [0.05, 0.1) is 5.52 Å². The first-order valence-electron chi connectivity index (χ1n) is 6.64. The molecule has 0 atom stereocenters. The molecule has 0 fully saturated rings. The molecule has 0 saturated carbocycles. The van der Waals surface area contributed by atoms with Gasteiger partial charge in [0, 0.05) is 23.8 Å². The predicted octanol–water partition coefficient (Wildman–Crippen LogP) is 3.96. The Kier molecular flexibility index (Phi) is 3.96. The Morgan fingerprint density at radius 2 is 1.90 bits per heavy atom. The molecule has 0 aliphatic heterocycles. The van der Waals surface area contributed by atoms with Crippen LogP contribution in [0.3, 0.4) is 0 Å². The van der Waals surface area contributed by atoms with E-state index in [1.54, 1.807) is 6.20 Å². The quantitative estimate of drug-likeness (QED) is 0.750. The Balaban J connectivity index is 2.01. The molecule has 2 heterocycles. The van der Waals surface area contributed by atoms with Crippen molar-refractivity contribution in [3.05, 3.63) is 47.3 Å². The van der Waals surface area contributed by atoms with Crippen LogP contribution in [0.2, 0.25) is 0 Å². The van der Waals surface area contributed by atoms with Crippen LogP contribution in [-0.4, -0.2) is 21.5 Å². The standard InChI is InChI=1S/C15H14BrN5/c1-2-17-14-13(16)15(20-9-19-14)21-12-7-3-6-11-10(12)5-4-8-18-11/h3-9H,2H2,1H3,(H2,17,19,20,21). The number of nitrogens with zero attached hydrogens (tertiary/aromatic N) is 3. The van der Waals surface area contributed by atoms with Gasteiger partial charge in [-0.15, -0.1) is 0 Å². The van der Waals surface area contributed by atoms with Crippen LogP contribution in [0.4, 0.5) is 17.3 Å². The zero-order valence-electron chi connectivity index (χ0n) is 11.5. The molecule has 106 valence electrons. The fourth-order valence-corrected chi connectivity index (χ4v) is 2.53. The average Bonchev–Trinajstić information content (AvgIpc) is 2.52. The molecule has 3 rings (SSSR count). The molecule has 5 nitrogen and oxygen atoms in total. The molecule has 0 spiro atoms. The van der Waals surface area contributed by atoms with Crippen molar-refractivity contribution in [2.75, 3.05) is 17.2 Å². The molecule has 0 radical (unpaired) electrons. The number of pyridine rings is 1. The number of hydrogen-bond donors (Lipinski definition) is 2. The Morgan fingerprint density at radius 1 is 1.05 bits per heavy atom. The van der Waals surface area contributed by atoms with Crippen molar-refractivity contribution in [2.24, 2.45) is 0 Å². The summed E-state index contributed by atoms with van der Waals surface area (Å²) in [5.74, 6) is 1.49. The van der Waals surface area contributed by atoms with Gasteiger partial charge in [-0.2, -0.15) is 0 Å². The van der Waals surface area contributed by atoms with Crippen LogP contribution in [0.15, 0.2) is 47.3 Å². The van der Waals surface area contributed by atoms with Gasteiger partial charge in [0.15, 0.2) is 0 Å². The topological polar surface area (TPSA) is 62.7 Å². The lowest BCUT2D eigenvalue weighted by Crippen LogP contribution is -2.04. The molecule has 3 aromatic rings. The summed E-state index contributed by atoms with van der Waals surface area (Å²) in [7, 11) is 0. The largest absolute Gasteiger partial charge is 0.369 e. The molecule has 0 aliphatic carbocycles. The summed E-state index contributed by atoms with van der Waals surface area (Å²) >= 11 is 3.54. The summed E-state index contributed by atoms with van der Waals surface area (Å²) in [5, 5.41) is 7.58. The van der Waals surface area contributed by atoms with Crippen molar-refractivity contribution < 1.29 is 0 Å². The Morgan fingerprint density at radius 3 is 2.76 bits per heavy atom. The molecule has 2 aromatic heterocycles. The van der Waals surface area contributed by atoms with Crippen molar-refractivity contribution in [3.8, 4) is 0 Å². The van der Waals surface area contributed by atoms with Gasteiger partial charge in [0.1, 0.15) is 22.4 Å². The third-order valence-electron chi connectivity index (χ3n) is 3.03. The van der Waals surface area contributed by atoms with E-state index >= 15 is 0 Å². The average molecular weight is 344 g/mol. The summed E-state index contributed by atoms with van der Waals surface area (Å²) in [6.45, 7) is 2.82. The van der Waals surface area contributed by atoms with Gasteiger partial charge < -0.3 is 10.6 Å². The van der Waals surface area contributed by atoms with Crippen LogP contribution in [0, 0.1) is 0 Å². The highest BCUT2D eigenvalue weighted by atomic mass is 79.9. The van der Waals surface area contributed by atoms with E-state index < -0.39 is 0 Å². The molecule has 1 aromatic carbocycles. The van der Waals surface area contributed by atoms with Gasteiger partial charge >= 0.3 is 0 Å². The van der Waals surface area contributed by atoms with Gasteiger partial charge in [0.25, 0.3) is 0 Å². The van der Waals surface area contributed by atoms with E-state index in [1.807, 2.05) is 37.3 Å². The van der Waals surface area contributed by atoms with E-state index in [9.17, 15) is 0 Å². The van der Waals surface area contributed by atoms with Gasteiger partial charge in [-0.25, -0.2) is 9.97 Å². The number of fused-ring (bicyclic) bond motifs is 1. The van der Waals surface area contributed by atoms with Crippen molar-refractivity contribution in [1.29, 1.82) is 0 Å². The zero-order chi connectivity index (χ0) is 14.7. The predicted molar refractivity (Wildman–Crippen MR) is 88.9 cm³/mol. The summed E-state index contributed by atoms with van der Waals surface area (Å²) in [6.07, 6.45) is 3.32. The maximum Gasteiger partial charge on any atom is 0.150 e. The van der Waals surface area contributed by atoms with E-state index in [1.165, 1.54) is 6.33 Å². The highest BCUT2D eigenvalue weighted by Gasteiger charge is 2.09. The van der Waals surface area contributed by atoms with Gasteiger partial charge in [-0.3, -0.25) is 4.98 Å².